The maximum absolute atomic E-state index is 5.57. The average Bonchev–Trinajstić information content (AvgIpc) is 3.07. The summed E-state index contributed by atoms with van der Waals surface area (Å²) in [5.41, 5.74) is 2.49. The highest BCUT2D eigenvalue weighted by atomic mass is 32.1. The van der Waals surface area contributed by atoms with Gasteiger partial charge in [-0.25, -0.2) is 9.97 Å². The Bertz CT molecular complexity index is 1050. The first-order valence-corrected chi connectivity index (χ1v) is 11.7. The number of methoxy groups -OCH3 is 1. The Hall–Kier alpha value is -2.22. The first-order valence-electron chi connectivity index (χ1n) is 10.9. The van der Waals surface area contributed by atoms with Crippen LogP contribution in [0, 0.1) is 13.8 Å². The topological polar surface area (TPSA) is 50.7 Å². The average molecular weight is 441 g/mol. The van der Waals surface area contributed by atoms with Crippen LogP contribution in [-0.4, -0.2) is 61.4 Å². The van der Waals surface area contributed by atoms with Gasteiger partial charge in [-0.05, 0) is 44.4 Å². The van der Waals surface area contributed by atoms with E-state index in [0.717, 1.165) is 61.5 Å². The molecule has 6 nitrogen and oxygen atoms in total. The molecule has 1 atom stereocenters. The van der Waals surface area contributed by atoms with Crippen LogP contribution in [0.2, 0.25) is 0 Å². The molecule has 3 heterocycles. The number of hydrogen-bond acceptors (Lipinski definition) is 7. The Kier molecular flexibility index (Phi) is 6.74. The van der Waals surface area contributed by atoms with Crippen LogP contribution in [0.15, 0.2) is 24.3 Å². The molecule has 0 aliphatic carbocycles. The van der Waals surface area contributed by atoms with Crippen molar-refractivity contribution >= 4 is 27.4 Å². The Morgan fingerprint density at radius 3 is 2.68 bits per heavy atom. The number of morpholine rings is 1. The van der Waals surface area contributed by atoms with Crippen LogP contribution in [0.4, 0.5) is 5.82 Å². The van der Waals surface area contributed by atoms with E-state index < -0.39 is 0 Å². The summed E-state index contributed by atoms with van der Waals surface area (Å²) in [6.45, 7) is 10.8. The predicted molar refractivity (Wildman–Crippen MR) is 128 cm³/mol. The molecule has 0 unspecified atom stereocenters. The van der Waals surface area contributed by atoms with Crippen molar-refractivity contribution in [3.63, 3.8) is 0 Å². The molecule has 2 aromatic heterocycles. The van der Waals surface area contributed by atoms with Crippen LogP contribution < -0.4 is 9.64 Å². The number of ether oxygens (including phenoxy) is 2. The highest BCUT2D eigenvalue weighted by molar-refractivity contribution is 7.18. The quantitative estimate of drug-likeness (QED) is 0.548. The zero-order chi connectivity index (χ0) is 22.0. The number of hydrogen-bond donors (Lipinski definition) is 0. The maximum Gasteiger partial charge on any atom is 0.146 e. The number of aromatic nitrogens is 2. The van der Waals surface area contributed by atoms with Crippen molar-refractivity contribution < 1.29 is 9.47 Å². The molecule has 1 aliphatic rings. The predicted octanol–water partition coefficient (Wildman–Crippen LogP) is 4.22. The van der Waals surface area contributed by atoms with Gasteiger partial charge in [0.1, 0.15) is 22.2 Å². The van der Waals surface area contributed by atoms with E-state index in [1.54, 1.807) is 18.4 Å². The van der Waals surface area contributed by atoms with Gasteiger partial charge < -0.3 is 14.4 Å². The zero-order valence-electron chi connectivity index (χ0n) is 19.1. The van der Waals surface area contributed by atoms with Crippen LogP contribution in [0.5, 0.6) is 5.75 Å². The largest absolute Gasteiger partial charge is 0.496 e. The summed E-state index contributed by atoms with van der Waals surface area (Å²) < 4.78 is 11.1. The lowest BCUT2D eigenvalue weighted by atomic mass is 10.0. The fraction of sp³-hybridized carbons (Fsp3) is 0.500. The molecular formula is C24H32N4O2S. The van der Waals surface area contributed by atoms with Crippen LogP contribution in [0.1, 0.15) is 28.8 Å². The van der Waals surface area contributed by atoms with Crippen molar-refractivity contribution in [1.29, 1.82) is 0 Å². The normalized spacial score (nSPS) is 15.9. The van der Waals surface area contributed by atoms with Crippen molar-refractivity contribution in [3.05, 3.63) is 46.1 Å². The van der Waals surface area contributed by atoms with Gasteiger partial charge >= 0.3 is 0 Å². The number of thiophene rings is 1. The Morgan fingerprint density at radius 1 is 1.19 bits per heavy atom. The lowest BCUT2D eigenvalue weighted by Gasteiger charge is -2.29. The lowest BCUT2D eigenvalue weighted by Crippen LogP contribution is -2.36. The molecule has 0 N–H and O–H groups in total. The first-order chi connectivity index (χ1) is 15.0. The summed E-state index contributed by atoms with van der Waals surface area (Å²) in [5, 5.41) is 1.18. The monoisotopic (exact) mass is 440 g/mol. The van der Waals surface area contributed by atoms with E-state index in [0.29, 0.717) is 0 Å². The molecule has 31 heavy (non-hydrogen) atoms. The van der Waals surface area contributed by atoms with Crippen LogP contribution in [-0.2, 0) is 17.7 Å². The molecule has 1 aromatic carbocycles. The molecule has 0 spiro atoms. The first kappa shape index (κ1) is 22.0. The SMILES string of the molecule is COc1ccccc1C[C@@H](C)N(C)c1nc(CN2CCOCC2)nc2sc(C)c(C)c12. The van der Waals surface area contributed by atoms with Crippen LogP contribution >= 0.6 is 11.3 Å². The number of benzene rings is 1. The molecule has 1 aliphatic heterocycles. The smallest absolute Gasteiger partial charge is 0.146 e. The molecule has 3 aromatic rings. The summed E-state index contributed by atoms with van der Waals surface area (Å²) in [6.07, 6.45) is 0.882. The van der Waals surface area contributed by atoms with Gasteiger partial charge in [-0.2, -0.15) is 0 Å². The molecule has 0 radical (unpaired) electrons. The summed E-state index contributed by atoms with van der Waals surface area (Å²) in [7, 11) is 3.88. The van der Waals surface area contributed by atoms with Crippen LogP contribution in [0.25, 0.3) is 10.2 Å². The van der Waals surface area contributed by atoms with Crippen molar-refractivity contribution in [2.24, 2.45) is 0 Å². The molecule has 1 fully saturated rings. The van der Waals surface area contributed by atoms with E-state index in [1.165, 1.54) is 21.4 Å². The van der Waals surface area contributed by atoms with E-state index in [1.807, 2.05) is 12.1 Å². The summed E-state index contributed by atoms with van der Waals surface area (Å²) in [4.78, 5) is 17.1. The second-order valence-electron chi connectivity index (χ2n) is 8.29. The molecular weight excluding hydrogens is 408 g/mol. The van der Waals surface area contributed by atoms with Gasteiger partial charge in [0.15, 0.2) is 0 Å². The number of likely N-dealkylation sites (N-methyl/N-ethyl adjacent to an activating group) is 1. The molecule has 4 rings (SSSR count). The number of nitrogens with zero attached hydrogens (tertiary/aromatic N) is 4. The Balaban J connectivity index is 1.66. The summed E-state index contributed by atoms with van der Waals surface area (Å²) in [6, 6.07) is 8.51. The molecule has 1 saturated heterocycles. The second kappa shape index (κ2) is 9.51. The minimum atomic E-state index is 0.255. The van der Waals surface area contributed by atoms with Gasteiger partial charge in [-0.15, -0.1) is 11.3 Å². The van der Waals surface area contributed by atoms with E-state index in [4.69, 9.17) is 19.4 Å². The fourth-order valence-corrected chi connectivity index (χ4v) is 5.13. The maximum atomic E-state index is 5.57. The van der Waals surface area contributed by atoms with Crippen molar-refractivity contribution in [2.75, 3.05) is 45.4 Å². The summed E-state index contributed by atoms with van der Waals surface area (Å²) in [5.74, 6) is 2.85. The van der Waals surface area contributed by atoms with E-state index in [-0.39, 0.29) is 6.04 Å². The van der Waals surface area contributed by atoms with Crippen molar-refractivity contribution in [2.45, 2.75) is 39.8 Å². The Labute approximate surface area is 188 Å². The van der Waals surface area contributed by atoms with Gasteiger partial charge in [0, 0.05) is 31.1 Å². The van der Waals surface area contributed by atoms with Gasteiger partial charge in [0.25, 0.3) is 0 Å². The minimum absolute atomic E-state index is 0.255. The highest BCUT2D eigenvalue weighted by Gasteiger charge is 2.22. The number of fused-ring (bicyclic) bond motifs is 1. The number of anilines is 1. The molecule has 0 amide bonds. The van der Waals surface area contributed by atoms with Crippen molar-refractivity contribution in [3.8, 4) is 5.75 Å². The fourth-order valence-electron chi connectivity index (χ4n) is 4.09. The van der Waals surface area contributed by atoms with E-state index in [2.05, 4.69) is 49.8 Å². The number of rotatable bonds is 7. The third-order valence-electron chi connectivity index (χ3n) is 6.23. The van der Waals surface area contributed by atoms with Gasteiger partial charge in [-0.1, -0.05) is 18.2 Å². The standard InChI is InChI=1S/C24H32N4O2S/c1-16(14-19-8-6-7-9-20(19)29-5)27(4)23-22-17(2)18(3)31-24(22)26-21(25-23)15-28-10-12-30-13-11-28/h6-9,16H,10-15H2,1-5H3/t16-/m1/s1. The second-order valence-corrected chi connectivity index (χ2v) is 9.49. The van der Waals surface area contributed by atoms with Gasteiger partial charge in [0.05, 0.1) is 32.3 Å². The minimum Gasteiger partial charge on any atom is -0.496 e. The third kappa shape index (κ3) is 4.68. The molecule has 7 heteroatoms. The third-order valence-corrected chi connectivity index (χ3v) is 7.33. The van der Waals surface area contributed by atoms with E-state index in [9.17, 15) is 0 Å². The van der Waals surface area contributed by atoms with E-state index >= 15 is 0 Å². The Morgan fingerprint density at radius 2 is 1.94 bits per heavy atom. The number of para-hydroxylation sites is 1. The number of aryl methyl sites for hydroxylation is 2. The lowest BCUT2D eigenvalue weighted by molar-refractivity contribution is 0.0331. The highest BCUT2D eigenvalue weighted by Crippen LogP contribution is 2.36. The van der Waals surface area contributed by atoms with Gasteiger partial charge in [0.2, 0.25) is 0 Å². The zero-order valence-corrected chi connectivity index (χ0v) is 20.0. The molecule has 166 valence electrons. The molecule has 0 bridgehead atoms. The van der Waals surface area contributed by atoms with Crippen LogP contribution in [0.3, 0.4) is 0 Å². The molecule has 0 saturated carbocycles. The van der Waals surface area contributed by atoms with Gasteiger partial charge in [-0.3, -0.25) is 4.90 Å². The summed E-state index contributed by atoms with van der Waals surface area (Å²) >= 11 is 1.77. The van der Waals surface area contributed by atoms with Crippen molar-refractivity contribution in [1.82, 2.24) is 14.9 Å².